The number of ether oxygens (including phenoxy) is 2. The van der Waals surface area contributed by atoms with Gasteiger partial charge in [-0.3, -0.25) is 0 Å². The fraction of sp³-hybridized carbons (Fsp3) is 0.111. The van der Waals surface area contributed by atoms with E-state index in [1.54, 1.807) is 6.07 Å². The van der Waals surface area contributed by atoms with Crippen LogP contribution in [0.15, 0.2) is 97.6 Å². The predicted octanol–water partition coefficient (Wildman–Crippen LogP) is 6.71. The second-order valence-corrected chi connectivity index (χ2v) is 7.50. The molecule has 34 heavy (non-hydrogen) atoms. The average molecular weight is 462 g/mol. The molecule has 0 saturated heterocycles. The van der Waals surface area contributed by atoms with E-state index in [1.165, 1.54) is 12.1 Å². The third-order valence-electron chi connectivity index (χ3n) is 5.05. The second kappa shape index (κ2) is 10.2. The van der Waals surface area contributed by atoms with Crippen LogP contribution in [0.5, 0.6) is 11.6 Å². The second-order valence-electron chi connectivity index (χ2n) is 7.50. The van der Waals surface area contributed by atoms with Crippen LogP contribution in [-0.4, -0.2) is 10.2 Å². The van der Waals surface area contributed by atoms with Gasteiger partial charge < -0.3 is 9.47 Å². The maximum Gasteiger partial charge on any atom is 0.416 e. The number of aromatic nitrogens is 2. The summed E-state index contributed by atoms with van der Waals surface area (Å²) in [5.74, 6) is 0.571. The third-order valence-corrected chi connectivity index (χ3v) is 5.05. The first-order chi connectivity index (χ1) is 16.4. The minimum absolute atomic E-state index is 0.212. The van der Waals surface area contributed by atoms with Gasteiger partial charge in [-0.15, -0.1) is 10.2 Å². The van der Waals surface area contributed by atoms with Gasteiger partial charge in [-0.05, 0) is 28.8 Å². The molecule has 4 rings (SSSR count). The lowest BCUT2D eigenvalue weighted by Crippen LogP contribution is -2.06. The molecule has 1 heterocycles. The molecule has 0 saturated carbocycles. The summed E-state index contributed by atoms with van der Waals surface area (Å²) in [5.41, 5.74) is 2.46. The molecule has 0 aliphatic carbocycles. The molecule has 0 atom stereocenters. The van der Waals surface area contributed by atoms with E-state index in [9.17, 15) is 13.2 Å². The van der Waals surface area contributed by atoms with Crippen molar-refractivity contribution >= 4 is 5.57 Å². The molecule has 0 unspecified atom stereocenters. The van der Waals surface area contributed by atoms with E-state index >= 15 is 0 Å². The predicted molar refractivity (Wildman–Crippen MR) is 123 cm³/mol. The molecular formula is C27H21F3N2O2. The summed E-state index contributed by atoms with van der Waals surface area (Å²) >= 11 is 0. The van der Waals surface area contributed by atoms with Crippen LogP contribution in [0.1, 0.15) is 27.9 Å². The van der Waals surface area contributed by atoms with Crippen molar-refractivity contribution in [2.45, 2.75) is 19.4 Å². The highest BCUT2D eigenvalue weighted by atomic mass is 19.4. The fourth-order valence-electron chi connectivity index (χ4n) is 3.18. The van der Waals surface area contributed by atoms with Crippen molar-refractivity contribution in [3.63, 3.8) is 0 Å². The van der Waals surface area contributed by atoms with E-state index in [0.717, 1.165) is 23.3 Å². The zero-order chi connectivity index (χ0) is 24.0. The highest BCUT2D eigenvalue weighted by Gasteiger charge is 2.30. The van der Waals surface area contributed by atoms with Crippen molar-refractivity contribution < 1.29 is 22.6 Å². The zero-order valence-corrected chi connectivity index (χ0v) is 18.1. The fourth-order valence-corrected chi connectivity index (χ4v) is 3.18. The summed E-state index contributed by atoms with van der Waals surface area (Å²) in [7, 11) is 0. The van der Waals surface area contributed by atoms with Gasteiger partial charge in [-0.2, -0.15) is 13.2 Å². The number of hydrogen-bond donors (Lipinski definition) is 0. The maximum atomic E-state index is 12.9. The van der Waals surface area contributed by atoms with Crippen LogP contribution < -0.4 is 9.47 Å². The molecule has 0 radical (unpaired) electrons. The van der Waals surface area contributed by atoms with Gasteiger partial charge in [-0.1, -0.05) is 79.4 Å². The lowest BCUT2D eigenvalue weighted by atomic mass is 10.0. The Balaban J connectivity index is 1.58. The molecule has 172 valence electrons. The van der Waals surface area contributed by atoms with Gasteiger partial charge in [0.1, 0.15) is 13.2 Å². The SMILES string of the molecule is C=C(c1ccc(C(F)(F)F)cc1)c1cc(OCc2ccccc2)c(OCc2ccccc2)nn1. The van der Waals surface area contributed by atoms with Crippen LogP contribution in [0.2, 0.25) is 0 Å². The summed E-state index contributed by atoms with van der Waals surface area (Å²) in [6, 6.07) is 25.6. The van der Waals surface area contributed by atoms with E-state index in [4.69, 9.17) is 9.47 Å². The molecule has 0 spiro atoms. The van der Waals surface area contributed by atoms with Crippen molar-refractivity contribution in [2.24, 2.45) is 0 Å². The molecule has 7 heteroatoms. The molecule has 1 aromatic heterocycles. The first-order valence-electron chi connectivity index (χ1n) is 10.5. The maximum absolute atomic E-state index is 12.9. The highest BCUT2D eigenvalue weighted by molar-refractivity contribution is 5.76. The van der Waals surface area contributed by atoms with Crippen LogP contribution in [0, 0.1) is 0 Å². The van der Waals surface area contributed by atoms with Crippen LogP contribution >= 0.6 is 0 Å². The van der Waals surface area contributed by atoms with Crippen LogP contribution in [0.3, 0.4) is 0 Å². The standard InChI is InChI=1S/C27H21F3N2O2/c1-19(22-12-14-23(15-13-22)27(28,29)30)24-16-25(33-17-20-8-4-2-5-9-20)26(32-31-24)34-18-21-10-6-3-7-11-21/h2-16H,1,17-18H2. The normalized spacial score (nSPS) is 11.1. The van der Waals surface area contributed by atoms with Gasteiger partial charge in [0.05, 0.1) is 11.3 Å². The van der Waals surface area contributed by atoms with Gasteiger partial charge >= 0.3 is 6.18 Å². The molecule has 0 aliphatic rings. The van der Waals surface area contributed by atoms with Crippen molar-refractivity contribution in [1.29, 1.82) is 0 Å². The lowest BCUT2D eigenvalue weighted by molar-refractivity contribution is -0.137. The average Bonchev–Trinajstić information content (AvgIpc) is 2.87. The number of benzene rings is 3. The van der Waals surface area contributed by atoms with Gasteiger partial charge in [0.2, 0.25) is 0 Å². The van der Waals surface area contributed by atoms with E-state index in [0.29, 0.717) is 22.6 Å². The number of alkyl halides is 3. The summed E-state index contributed by atoms with van der Waals surface area (Å²) in [5, 5.41) is 8.35. The Morgan fingerprint density at radius 3 is 1.85 bits per heavy atom. The van der Waals surface area contributed by atoms with Crippen LogP contribution in [-0.2, 0) is 19.4 Å². The minimum atomic E-state index is -4.41. The Bertz CT molecular complexity index is 1240. The molecule has 4 nitrogen and oxygen atoms in total. The quantitative estimate of drug-likeness (QED) is 0.292. The Morgan fingerprint density at radius 1 is 0.735 bits per heavy atom. The molecule has 0 fully saturated rings. The molecular weight excluding hydrogens is 441 g/mol. The minimum Gasteiger partial charge on any atom is -0.483 e. The number of halogens is 3. The van der Waals surface area contributed by atoms with E-state index in [2.05, 4.69) is 16.8 Å². The summed E-state index contributed by atoms with van der Waals surface area (Å²) < 4.78 is 50.5. The van der Waals surface area contributed by atoms with Gasteiger partial charge in [0, 0.05) is 11.6 Å². The van der Waals surface area contributed by atoms with Crippen molar-refractivity contribution in [1.82, 2.24) is 10.2 Å². The highest BCUT2D eigenvalue weighted by Crippen LogP contribution is 2.33. The van der Waals surface area contributed by atoms with Crippen molar-refractivity contribution in [2.75, 3.05) is 0 Å². The Hall–Kier alpha value is -4.13. The van der Waals surface area contributed by atoms with Crippen molar-refractivity contribution in [3.05, 3.63) is 126 Å². The van der Waals surface area contributed by atoms with E-state index in [-0.39, 0.29) is 19.1 Å². The Morgan fingerprint density at radius 2 is 1.29 bits per heavy atom. The largest absolute Gasteiger partial charge is 0.483 e. The summed E-state index contributed by atoms with van der Waals surface area (Å²) in [6.07, 6.45) is -4.41. The number of rotatable bonds is 8. The Kier molecular flexibility index (Phi) is 6.92. The van der Waals surface area contributed by atoms with Gasteiger partial charge in [-0.25, -0.2) is 0 Å². The first kappa shape index (κ1) is 23.0. The molecule has 0 N–H and O–H groups in total. The third kappa shape index (κ3) is 5.81. The summed E-state index contributed by atoms with van der Waals surface area (Å²) in [4.78, 5) is 0. The van der Waals surface area contributed by atoms with Crippen molar-refractivity contribution in [3.8, 4) is 11.6 Å². The van der Waals surface area contributed by atoms with E-state index in [1.807, 2.05) is 60.7 Å². The molecule has 0 aliphatic heterocycles. The van der Waals surface area contributed by atoms with Gasteiger partial charge in [0.25, 0.3) is 5.88 Å². The van der Waals surface area contributed by atoms with Crippen LogP contribution in [0.25, 0.3) is 5.57 Å². The van der Waals surface area contributed by atoms with E-state index < -0.39 is 11.7 Å². The molecule has 3 aromatic carbocycles. The molecule has 0 bridgehead atoms. The summed E-state index contributed by atoms with van der Waals surface area (Å²) in [6.45, 7) is 4.54. The smallest absolute Gasteiger partial charge is 0.416 e. The number of hydrogen-bond acceptors (Lipinski definition) is 4. The number of nitrogens with zero attached hydrogens (tertiary/aromatic N) is 2. The molecule has 0 amide bonds. The topological polar surface area (TPSA) is 44.2 Å². The monoisotopic (exact) mass is 462 g/mol. The lowest BCUT2D eigenvalue weighted by Gasteiger charge is -2.14. The Labute approximate surface area is 195 Å². The van der Waals surface area contributed by atoms with Crippen LogP contribution in [0.4, 0.5) is 13.2 Å². The van der Waals surface area contributed by atoms with Gasteiger partial charge in [0.15, 0.2) is 5.75 Å². The first-order valence-corrected chi connectivity index (χ1v) is 10.5. The zero-order valence-electron chi connectivity index (χ0n) is 18.1. The molecule has 4 aromatic rings.